The summed E-state index contributed by atoms with van der Waals surface area (Å²) in [7, 11) is -18.1. The van der Waals surface area contributed by atoms with Gasteiger partial charge in [0.1, 0.15) is 30.5 Å². The summed E-state index contributed by atoms with van der Waals surface area (Å²) in [4.78, 5) is 1.97. The number of benzene rings is 4. The maximum absolute atomic E-state index is 14.5. The van der Waals surface area contributed by atoms with Crippen molar-refractivity contribution in [1.29, 1.82) is 0 Å². The first kappa shape index (κ1) is 61.1. The summed E-state index contributed by atoms with van der Waals surface area (Å²) < 4.78 is 154. The van der Waals surface area contributed by atoms with E-state index in [1.807, 2.05) is 6.92 Å². The fraction of sp³-hybridized carbons (Fsp3) is 0.520. The molecule has 1 saturated carbocycles. The number of unbranched alkanes of at least 4 members (excludes halogenated alkanes) is 1. The van der Waals surface area contributed by atoms with E-state index < -0.39 is 139 Å². The third kappa shape index (κ3) is 14.7. The van der Waals surface area contributed by atoms with Gasteiger partial charge in [-0.15, -0.1) is 0 Å². The van der Waals surface area contributed by atoms with Gasteiger partial charge in [-0.3, -0.25) is 0 Å². The van der Waals surface area contributed by atoms with E-state index in [0.29, 0.717) is 24.0 Å². The molecule has 2 saturated heterocycles. The van der Waals surface area contributed by atoms with Crippen molar-refractivity contribution in [2.45, 2.75) is 165 Å². The number of nitrogens with zero attached hydrogens (tertiary/aromatic N) is 3. The van der Waals surface area contributed by atoms with Crippen molar-refractivity contribution >= 4 is 40.1 Å². The number of hydrogen-bond donors (Lipinski definition) is 8. The highest BCUT2D eigenvalue weighted by Gasteiger charge is 2.57. The van der Waals surface area contributed by atoms with E-state index in [2.05, 4.69) is 28.9 Å². The molecular formula is C50H67N7O17S4. The summed E-state index contributed by atoms with van der Waals surface area (Å²) in [5, 5.41) is 51.1. The first-order valence-corrected chi connectivity index (χ1v) is 31.1. The molecule has 7 rings (SSSR count). The lowest BCUT2D eigenvalue weighted by Crippen LogP contribution is -2.74. The molecule has 4 aromatic carbocycles. The van der Waals surface area contributed by atoms with Crippen LogP contribution in [0.15, 0.2) is 122 Å². The van der Waals surface area contributed by atoms with Gasteiger partial charge in [-0.2, -0.15) is 0 Å². The van der Waals surface area contributed by atoms with Gasteiger partial charge in [0.15, 0.2) is 12.6 Å². The van der Waals surface area contributed by atoms with Crippen molar-refractivity contribution in [3.05, 3.63) is 130 Å². The van der Waals surface area contributed by atoms with Crippen LogP contribution in [0.25, 0.3) is 10.4 Å². The predicted octanol–water partition coefficient (Wildman–Crippen LogP) is 2.19. The number of rotatable bonds is 23. The smallest absolute Gasteiger partial charge is 0.240 e. The molecule has 1 aliphatic carbocycles. The molecule has 0 bridgehead atoms. The molecule has 4 aromatic rings. The normalized spacial score (nSPS) is 29.1. The Morgan fingerprint density at radius 3 is 1.46 bits per heavy atom. The molecule has 3 fully saturated rings. The largest absolute Gasteiger partial charge is 0.394 e. The highest BCUT2D eigenvalue weighted by atomic mass is 32.2. The SMILES string of the molecule is CCCCOC1[C@@H](O[C@@H]2C(O)C(O[C@H]3O[C@H](CNS(=O)(=O)c4ccc(C)cc4)CCC3NS(=O)(=O)c3ccc(C)cc3)[C@@H](NS(=O)(=O)c3ccc(C)cc3)[C@@H](O)C2NS(=O)(=O)c2ccc(C)cc2)OC(CO)[C@@H](O)[C@@H]1N=[N+]=[N-]. The zero-order chi connectivity index (χ0) is 56.7. The molecule has 24 nitrogen and oxygen atoms in total. The number of azide groups is 1. The average Bonchev–Trinajstić information content (AvgIpc) is 3.47. The zero-order valence-electron chi connectivity index (χ0n) is 43.3. The third-order valence-electron chi connectivity index (χ3n) is 13.7. The summed E-state index contributed by atoms with van der Waals surface area (Å²) in [6.07, 6.45) is -17.5. The number of ether oxygens (including phenoxy) is 5. The van der Waals surface area contributed by atoms with Crippen LogP contribution in [-0.4, -0.2) is 159 Å². The Bertz CT molecular complexity index is 3160. The van der Waals surface area contributed by atoms with Gasteiger partial charge < -0.3 is 44.1 Å². The fourth-order valence-electron chi connectivity index (χ4n) is 9.20. The number of aryl methyl sites for hydroxylation is 4. The van der Waals surface area contributed by atoms with Crippen LogP contribution in [-0.2, 0) is 63.8 Å². The van der Waals surface area contributed by atoms with Crippen LogP contribution in [0.1, 0.15) is 54.9 Å². The second-order valence-corrected chi connectivity index (χ2v) is 26.5. The van der Waals surface area contributed by atoms with E-state index in [4.69, 9.17) is 23.7 Å². The third-order valence-corrected chi connectivity index (χ3v) is 19.6. The topological polar surface area (TPSA) is 361 Å². The van der Waals surface area contributed by atoms with E-state index in [1.54, 1.807) is 52.0 Å². The Balaban J connectivity index is 1.35. The number of aliphatic hydroxyl groups excluding tert-OH is 4. The van der Waals surface area contributed by atoms with Gasteiger partial charge in [-0.1, -0.05) is 89.2 Å². The Kier molecular flexibility index (Phi) is 20.3. The zero-order valence-corrected chi connectivity index (χ0v) is 46.6. The van der Waals surface area contributed by atoms with Crippen LogP contribution in [0.2, 0.25) is 0 Å². The van der Waals surface area contributed by atoms with Crippen molar-refractivity contribution < 1.29 is 77.8 Å². The first-order chi connectivity index (χ1) is 36.9. The molecule has 8 N–H and O–H groups in total. The van der Waals surface area contributed by atoms with Crippen LogP contribution < -0.4 is 18.9 Å². The minimum atomic E-state index is -4.77. The van der Waals surface area contributed by atoms with Crippen molar-refractivity contribution in [3.63, 3.8) is 0 Å². The Morgan fingerprint density at radius 1 is 0.590 bits per heavy atom. The summed E-state index contributed by atoms with van der Waals surface area (Å²) in [5.41, 5.74) is 12.5. The Hall–Kier alpha value is -4.53. The van der Waals surface area contributed by atoms with E-state index in [0.717, 1.165) is 11.1 Å². The summed E-state index contributed by atoms with van der Waals surface area (Å²) in [6.45, 7) is 7.50. The molecule has 0 spiro atoms. The van der Waals surface area contributed by atoms with Crippen LogP contribution in [0.5, 0.6) is 0 Å². The molecule has 0 amide bonds. The van der Waals surface area contributed by atoms with Crippen LogP contribution in [0.4, 0.5) is 0 Å². The maximum atomic E-state index is 14.5. The number of nitrogens with one attached hydrogen (secondary N) is 4. The highest BCUT2D eigenvalue weighted by Crippen LogP contribution is 2.36. The molecule has 428 valence electrons. The molecule has 2 aliphatic heterocycles. The maximum Gasteiger partial charge on any atom is 0.240 e. The fourth-order valence-corrected chi connectivity index (χ4v) is 14.1. The molecule has 2 heterocycles. The van der Waals surface area contributed by atoms with Gasteiger partial charge in [0.25, 0.3) is 0 Å². The van der Waals surface area contributed by atoms with Gasteiger partial charge in [0.05, 0.1) is 68.7 Å². The van der Waals surface area contributed by atoms with Crippen LogP contribution in [0, 0.1) is 27.7 Å². The van der Waals surface area contributed by atoms with E-state index >= 15 is 0 Å². The van der Waals surface area contributed by atoms with Gasteiger partial charge in [-0.05, 0) is 101 Å². The molecule has 6 unspecified atom stereocenters. The number of hydrogen-bond acceptors (Lipinski definition) is 18. The van der Waals surface area contributed by atoms with E-state index in [9.17, 15) is 59.6 Å². The molecular weight excluding hydrogens is 1100 g/mol. The lowest BCUT2D eigenvalue weighted by molar-refractivity contribution is -0.324. The van der Waals surface area contributed by atoms with Crippen molar-refractivity contribution in [3.8, 4) is 0 Å². The Labute approximate surface area is 454 Å². The second-order valence-electron chi connectivity index (χ2n) is 19.6. The summed E-state index contributed by atoms with van der Waals surface area (Å²) >= 11 is 0. The van der Waals surface area contributed by atoms with E-state index in [-0.39, 0.29) is 39.0 Å². The van der Waals surface area contributed by atoms with Gasteiger partial charge in [0.2, 0.25) is 40.1 Å². The molecule has 78 heavy (non-hydrogen) atoms. The average molecular weight is 1170 g/mol. The number of sulfonamides is 4. The molecule has 14 atom stereocenters. The minimum absolute atomic E-state index is 0.00789. The minimum Gasteiger partial charge on any atom is -0.394 e. The molecule has 0 aromatic heterocycles. The van der Waals surface area contributed by atoms with Crippen molar-refractivity contribution in [1.82, 2.24) is 18.9 Å². The number of aliphatic hydroxyl groups is 4. The van der Waals surface area contributed by atoms with Gasteiger partial charge >= 0.3 is 0 Å². The lowest BCUT2D eigenvalue weighted by Gasteiger charge is -2.51. The molecule has 28 heteroatoms. The highest BCUT2D eigenvalue weighted by molar-refractivity contribution is 7.90. The first-order valence-electron chi connectivity index (χ1n) is 25.1. The van der Waals surface area contributed by atoms with Crippen LogP contribution >= 0.6 is 0 Å². The standard InChI is InChI=1S/C50H67N7O17S4/c1-6-7-26-70-48-40(53-57-51)43(59)39(28-58)72-50(48)74-47-42(56-78(68,69)37-23-14-32(5)15-24-37)44(60)41(55-77(66,67)36-21-12-31(4)13-22-36)46(45(47)61)73-49-38(54-76(64,65)35-19-10-30(3)11-20-35)25-16-33(71-49)27-52-75(62,63)34-17-8-29(2)9-18-34/h8-15,17-24,33,38-50,52,54-56,58-61H,6-7,16,25-28H2,1-5H3/t33-,38?,39?,40-,41-,42?,43+,44+,45?,46?,47-,48?,49+,50+/m0/s1. The van der Waals surface area contributed by atoms with Gasteiger partial charge in [-0.25, -0.2) is 52.6 Å². The Morgan fingerprint density at radius 2 is 1.03 bits per heavy atom. The summed E-state index contributed by atoms with van der Waals surface area (Å²) in [6, 6.07) is 15.8. The predicted molar refractivity (Wildman–Crippen MR) is 281 cm³/mol. The van der Waals surface area contributed by atoms with E-state index in [1.165, 1.54) is 72.8 Å². The molecule has 0 radical (unpaired) electrons. The van der Waals surface area contributed by atoms with Gasteiger partial charge in [0, 0.05) is 18.1 Å². The van der Waals surface area contributed by atoms with Crippen LogP contribution in [0.3, 0.4) is 0 Å². The van der Waals surface area contributed by atoms with Crippen molar-refractivity contribution in [2.75, 3.05) is 19.8 Å². The second kappa shape index (κ2) is 25.9. The quantitative estimate of drug-likeness (QED) is 0.0228. The lowest BCUT2D eigenvalue weighted by atomic mass is 9.81. The summed E-state index contributed by atoms with van der Waals surface area (Å²) in [5.74, 6) is 0. The monoisotopic (exact) mass is 1170 g/mol. The molecule has 3 aliphatic rings. The van der Waals surface area contributed by atoms with Crippen molar-refractivity contribution in [2.24, 2.45) is 5.11 Å².